The topological polar surface area (TPSA) is 106 Å². The van der Waals surface area contributed by atoms with Crippen LogP contribution in [0.2, 0.25) is 0 Å². The van der Waals surface area contributed by atoms with Crippen molar-refractivity contribution in [2.75, 3.05) is 5.32 Å². The first kappa shape index (κ1) is 14.0. The number of halogens is 1. The SMILES string of the molecule is Cc1[nH]nc2c1[C@@H](c1cccc(Br)c1)c1c([nH]c(=O)[nH]c1=O)N2. The van der Waals surface area contributed by atoms with Gasteiger partial charge in [0.15, 0.2) is 5.82 Å². The lowest BCUT2D eigenvalue weighted by atomic mass is 9.83. The molecule has 1 aromatic carbocycles. The van der Waals surface area contributed by atoms with Gasteiger partial charge in [0.25, 0.3) is 5.56 Å². The number of hydrogen-bond donors (Lipinski definition) is 4. The predicted octanol–water partition coefficient (Wildman–Crippen LogP) is 2.09. The van der Waals surface area contributed by atoms with Crippen LogP contribution in [0.3, 0.4) is 0 Å². The Morgan fingerprint density at radius 1 is 1.17 bits per heavy atom. The highest BCUT2D eigenvalue weighted by Crippen LogP contribution is 2.42. The molecule has 0 radical (unpaired) electrons. The number of hydrogen-bond acceptors (Lipinski definition) is 4. The van der Waals surface area contributed by atoms with Gasteiger partial charge in [-0.1, -0.05) is 28.1 Å². The molecule has 0 aliphatic carbocycles. The number of fused-ring (bicyclic) bond motifs is 2. The van der Waals surface area contributed by atoms with Gasteiger partial charge in [-0.25, -0.2) is 4.79 Å². The molecule has 4 rings (SSSR count). The molecule has 1 aliphatic heterocycles. The van der Waals surface area contributed by atoms with Crippen LogP contribution in [0.15, 0.2) is 38.3 Å². The summed E-state index contributed by atoms with van der Waals surface area (Å²) < 4.78 is 0.915. The fourth-order valence-corrected chi connectivity index (χ4v) is 3.46. The molecule has 1 aliphatic rings. The number of aromatic amines is 3. The Hall–Kier alpha value is -2.61. The molecule has 3 aromatic rings. The van der Waals surface area contributed by atoms with Crippen molar-refractivity contribution in [2.45, 2.75) is 12.8 Å². The summed E-state index contributed by atoms with van der Waals surface area (Å²) in [4.78, 5) is 29.0. The van der Waals surface area contributed by atoms with E-state index in [4.69, 9.17) is 0 Å². The van der Waals surface area contributed by atoms with Gasteiger partial charge in [0.1, 0.15) is 5.82 Å². The highest BCUT2D eigenvalue weighted by atomic mass is 79.9. The van der Waals surface area contributed by atoms with Crippen LogP contribution in [0.5, 0.6) is 0 Å². The molecule has 0 fully saturated rings. The van der Waals surface area contributed by atoms with Crippen molar-refractivity contribution >= 4 is 27.6 Å². The molecule has 3 heterocycles. The van der Waals surface area contributed by atoms with Crippen LogP contribution < -0.4 is 16.6 Å². The lowest BCUT2D eigenvalue weighted by Gasteiger charge is -2.25. The van der Waals surface area contributed by atoms with Crippen molar-refractivity contribution in [2.24, 2.45) is 0 Å². The van der Waals surface area contributed by atoms with Crippen molar-refractivity contribution < 1.29 is 0 Å². The van der Waals surface area contributed by atoms with Crippen LogP contribution in [0, 0.1) is 6.92 Å². The van der Waals surface area contributed by atoms with Gasteiger partial charge in [0.05, 0.1) is 5.56 Å². The molecule has 116 valence electrons. The number of rotatable bonds is 1. The number of aromatic nitrogens is 4. The highest BCUT2D eigenvalue weighted by Gasteiger charge is 2.33. The van der Waals surface area contributed by atoms with Gasteiger partial charge in [-0.3, -0.25) is 19.9 Å². The number of nitrogens with one attached hydrogen (secondary N) is 4. The smallest absolute Gasteiger partial charge is 0.324 e. The zero-order valence-electron chi connectivity index (χ0n) is 12.0. The fraction of sp³-hybridized carbons (Fsp3) is 0.133. The zero-order valence-corrected chi connectivity index (χ0v) is 13.6. The molecule has 0 spiro atoms. The molecule has 0 unspecified atom stereocenters. The Morgan fingerprint density at radius 3 is 2.78 bits per heavy atom. The van der Waals surface area contributed by atoms with E-state index in [2.05, 4.69) is 41.4 Å². The molecule has 7 nitrogen and oxygen atoms in total. The Morgan fingerprint density at radius 2 is 2.00 bits per heavy atom. The summed E-state index contributed by atoms with van der Waals surface area (Å²) in [7, 11) is 0. The van der Waals surface area contributed by atoms with Crippen LogP contribution in [0.4, 0.5) is 11.6 Å². The molecule has 2 aromatic heterocycles. The van der Waals surface area contributed by atoms with Gasteiger partial charge < -0.3 is 5.32 Å². The second-order valence-corrected chi connectivity index (χ2v) is 6.34. The lowest BCUT2D eigenvalue weighted by Crippen LogP contribution is -2.31. The molecular formula is C15H12BrN5O2. The summed E-state index contributed by atoms with van der Waals surface area (Å²) in [6.45, 7) is 1.91. The van der Waals surface area contributed by atoms with Gasteiger partial charge in [0.2, 0.25) is 0 Å². The summed E-state index contributed by atoms with van der Waals surface area (Å²) in [5.41, 5.74) is 2.21. The first-order valence-corrected chi connectivity index (χ1v) is 7.77. The average molecular weight is 374 g/mol. The minimum atomic E-state index is -0.551. The molecule has 8 heteroatoms. The van der Waals surface area contributed by atoms with Crippen LogP contribution in [-0.4, -0.2) is 20.2 Å². The van der Waals surface area contributed by atoms with E-state index in [1.54, 1.807) is 0 Å². The Kier molecular flexibility index (Phi) is 3.02. The van der Waals surface area contributed by atoms with E-state index in [0.29, 0.717) is 17.2 Å². The number of benzene rings is 1. The minimum Gasteiger partial charge on any atom is -0.324 e. The predicted molar refractivity (Wildman–Crippen MR) is 89.4 cm³/mol. The maximum atomic E-state index is 12.4. The molecular weight excluding hydrogens is 362 g/mol. The van der Waals surface area contributed by atoms with E-state index < -0.39 is 11.2 Å². The van der Waals surface area contributed by atoms with Crippen molar-refractivity contribution in [1.82, 2.24) is 20.2 Å². The average Bonchev–Trinajstić information content (AvgIpc) is 2.86. The van der Waals surface area contributed by atoms with Crippen LogP contribution >= 0.6 is 15.9 Å². The number of aryl methyl sites for hydroxylation is 1. The Bertz CT molecular complexity index is 1030. The van der Waals surface area contributed by atoms with Gasteiger partial charge in [-0.15, -0.1) is 0 Å². The lowest BCUT2D eigenvalue weighted by molar-refractivity contribution is 0.881. The Labute approximate surface area is 138 Å². The van der Waals surface area contributed by atoms with E-state index in [-0.39, 0.29) is 5.92 Å². The third-order valence-electron chi connectivity index (χ3n) is 3.98. The quantitative estimate of drug-likeness (QED) is 0.409. The van der Waals surface area contributed by atoms with Crippen molar-refractivity contribution in [1.29, 1.82) is 0 Å². The molecule has 4 N–H and O–H groups in total. The maximum Gasteiger partial charge on any atom is 0.327 e. The highest BCUT2D eigenvalue weighted by molar-refractivity contribution is 9.10. The van der Waals surface area contributed by atoms with Gasteiger partial charge in [-0.2, -0.15) is 5.10 Å². The normalized spacial score (nSPS) is 15.7. The first-order valence-electron chi connectivity index (χ1n) is 6.98. The molecule has 1 atom stereocenters. The summed E-state index contributed by atoms with van der Waals surface area (Å²) in [5.74, 6) is 0.669. The third-order valence-corrected chi connectivity index (χ3v) is 4.47. The Balaban J connectivity index is 2.07. The van der Waals surface area contributed by atoms with Crippen LogP contribution in [0.1, 0.15) is 28.3 Å². The van der Waals surface area contributed by atoms with E-state index in [0.717, 1.165) is 21.3 Å². The number of nitrogens with zero attached hydrogens (tertiary/aromatic N) is 1. The second-order valence-electron chi connectivity index (χ2n) is 5.42. The third kappa shape index (κ3) is 2.14. The standard InChI is InChI=1S/C15H12BrN5O2/c1-6-9-10(7-3-2-4-8(16)5-7)11-12(17-13(9)21-20-6)18-15(23)19-14(11)22/h2-5,10H,1H3,(H4,17,18,19,20,21,22,23)/t10-/m1/s1. The number of anilines is 2. The van der Waals surface area contributed by atoms with Crippen molar-refractivity contribution in [3.8, 4) is 0 Å². The monoisotopic (exact) mass is 373 g/mol. The van der Waals surface area contributed by atoms with Crippen molar-refractivity contribution in [3.05, 3.63) is 72.0 Å². The fourth-order valence-electron chi connectivity index (χ4n) is 3.04. The molecule has 23 heavy (non-hydrogen) atoms. The van der Waals surface area contributed by atoms with Gasteiger partial charge in [0, 0.05) is 21.6 Å². The largest absolute Gasteiger partial charge is 0.327 e. The second kappa shape index (κ2) is 4.95. The minimum absolute atomic E-state index is 0.321. The summed E-state index contributed by atoms with van der Waals surface area (Å²) >= 11 is 3.47. The molecule has 0 saturated carbocycles. The summed E-state index contributed by atoms with van der Waals surface area (Å²) in [6.07, 6.45) is 0. The summed E-state index contributed by atoms with van der Waals surface area (Å²) in [6, 6.07) is 7.74. The molecule has 0 saturated heterocycles. The molecule has 0 bridgehead atoms. The van der Waals surface area contributed by atoms with Crippen LogP contribution in [0.25, 0.3) is 0 Å². The van der Waals surface area contributed by atoms with Crippen molar-refractivity contribution in [3.63, 3.8) is 0 Å². The van der Waals surface area contributed by atoms with E-state index in [1.807, 2.05) is 31.2 Å². The van der Waals surface area contributed by atoms with Gasteiger partial charge >= 0.3 is 5.69 Å². The van der Waals surface area contributed by atoms with Crippen LogP contribution in [-0.2, 0) is 0 Å². The molecule has 0 amide bonds. The first-order chi connectivity index (χ1) is 11.0. The van der Waals surface area contributed by atoms with E-state index in [1.165, 1.54) is 0 Å². The zero-order chi connectivity index (χ0) is 16.1. The van der Waals surface area contributed by atoms with Gasteiger partial charge in [-0.05, 0) is 24.6 Å². The van der Waals surface area contributed by atoms with E-state index in [9.17, 15) is 9.59 Å². The number of H-pyrrole nitrogens is 3. The maximum absolute atomic E-state index is 12.4. The van der Waals surface area contributed by atoms with E-state index >= 15 is 0 Å². The summed E-state index contributed by atoms with van der Waals surface area (Å²) in [5, 5.41) is 10.2.